The van der Waals surface area contributed by atoms with Gasteiger partial charge in [-0.05, 0) is 10.3 Å². The summed E-state index contributed by atoms with van der Waals surface area (Å²) in [4.78, 5) is 10.6. The molecule has 0 bridgehead atoms. The molecule has 1 aliphatic rings. The van der Waals surface area contributed by atoms with Crippen molar-refractivity contribution in [2.75, 3.05) is 18.8 Å². The Labute approximate surface area is 100 Å². The number of carbonyl (C=O) groups excluding carboxylic acids is 1. The fraction of sp³-hybridized carbons (Fsp3) is 0.556. The molecule has 1 aromatic heterocycles. The van der Waals surface area contributed by atoms with E-state index < -0.39 is 0 Å². The highest BCUT2D eigenvalue weighted by Gasteiger charge is 2.15. The SMILES string of the molecule is NC(=O)CSc1cc(=[N+]2CCCC2)ss1. The standard InChI is InChI=1S/C9H12N2OS3/c10-7(12)6-13-9-5-8(14-15-9)11-3-1-2-4-11/h5H,1-4,6H2,(H-,10,12)/p+1. The van der Waals surface area contributed by atoms with Gasteiger partial charge in [0.15, 0.2) is 0 Å². The summed E-state index contributed by atoms with van der Waals surface area (Å²) in [6.45, 7) is 2.35. The minimum absolute atomic E-state index is 0.249. The highest BCUT2D eigenvalue weighted by Crippen LogP contribution is 2.23. The minimum Gasteiger partial charge on any atom is -0.369 e. The number of nitrogens with zero attached hydrogens (tertiary/aromatic N) is 1. The number of hydrogen-bond donors (Lipinski definition) is 1. The number of primary amides is 1. The van der Waals surface area contributed by atoms with Crippen LogP contribution in [0.1, 0.15) is 12.8 Å². The van der Waals surface area contributed by atoms with E-state index in [1.807, 2.05) is 0 Å². The van der Waals surface area contributed by atoms with Crippen LogP contribution in [-0.2, 0) is 4.79 Å². The molecule has 15 heavy (non-hydrogen) atoms. The first kappa shape index (κ1) is 11.2. The Morgan fingerprint density at radius 1 is 1.47 bits per heavy atom. The molecular formula is C9H13N2OS3+. The lowest BCUT2D eigenvalue weighted by molar-refractivity contribution is -0.115. The van der Waals surface area contributed by atoms with E-state index in [1.165, 1.54) is 46.6 Å². The van der Waals surface area contributed by atoms with Gasteiger partial charge in [0, 0.05) is 18.9 Å². The van der Waals surface area contributed by atoms with Gasteiger partial charge in [0.25, 0.3) is 4.67 Å². The summed E-state index contributed by atoms with van der Waals surface area (Å²) in [5.74, 6) is 0.133. The third-order valence-corrected chi connectivity index (χ3v) is 6.19. The Hall–Kier alpha value is -0.330. The molecule has 3 nitrogen and oxygen atoms in total. The van der Waals surface area contributed by atoms with Gasteiger partial charge in [-0.1, -0.05) is 10.3 Å². The first-order chi connectivity index (χ1) is 7.25. The van der Waals surface area contributed by atoms with E-state index in [2.05, 4.69) is 10.6 Å². The van der Waals surface area contributed by atoms with Crippen LogP contribution >= 0.6 is 32.4 Å². The van der Waals surface area contributed by atoms with Gasteiger partial charge in [-0.25, -0.2) is 4.58 Å². The molecule has 1 aromatic rings. The molecule has 0 aliphatic carbocycles. The average molecular weight is 261 g/mol. The molecule has 1 fully saturated rings. The van der Waals surface area contributed by atoms with Crippen LogP contribution in [0.3, 0.4) is 0 Å². The zero-order chi connectivity index (χ0) is 10.7. The topological polar surface area (TPSA) is 46.1 Å². The van der Waals surface area contributed by atoms with Crippen molar-refractivity contribution in [1.29, 1.82) is 0 Å². The minimum atomic E-state index is -0.249. The van der Waals surface area contributed by atoms with Gasteiger partial charge < -0.3 is 5.73 Å². The van der Waals surface area contributed by atoms with Crippen molar-refractivity contribution in [3.8, 4) is 0 Å². The lowest BCUT2D eigenvalue weighted by Gasteiger charge is -1.89. The molecule has 1 amide bonds. The number of rotatable bonds is 3. The van der Waals surface area contributed by atoms with E-state index >= 15 is 0 Å². The normalized spacial score (nSPS) is 15.9. The van der Waals surface area contributed by atoms with Crippen LogP contribution in [0.25, 0.3) is 0 Å². The lowest BCUT2D eigenvalue weighted by atomic mass is 10.4. The van der Waals surface area contributed by atoms with Gasteiger partial charge in [-0.2, -0.15) is 0 Å². The highest BCUT2D eigenvalue weighted by atomic mass is 32.9. The summed E-state index contributed by atoms with van der Waals surface area (Å²) in [6, 6.07) is 2.17. The van der Waals surface area contributed by atoms with E-state index in [4.69, 9.17) is 5.73 Å². The van der Waals surface area contributed by atoms with Crippen molar-refractivity contribution in [2.24, 2.45) is 5.73 Å². The summed E-state index contributed by atoms with van der Waals surface area (Å²) < 4.78 is 4.94. The maximum atomic E-state index is 10.6. The predicted molar refractivity (Wildman–Crippen MR) is 66.4 cm³/mol. The van der Waals surface area contributed by atoms with Crippen LogP contribution in [0.4, 0.5) is 0 Å². The smallest absolute Gasteiger partial charge is 0.268 e. The Morgan fingerprint density at radius 3 is 2.87 bits per heavy atom. The molecule has 1 saturated heterocycles. The van der Waals surface area contributed by atoms with Crippen LogP contribution < -0.4 is 15.0 Å². The summed E-state index contributed by atoms with van der Waals surface area (Å²) >= 11 is 1.54. The summed E-state index contributed by atoms with van der Waals surface area (Å²) in [6.07, 6.45) is 2.60. The fourth-order valence-electron chi connectivity index (χ4n) is 1.52. The largest absolute Gasteiger partial charge is 0.369 e. The first-order valence-corrected chi connectivity index (χ1v) is 7.98. The monoisotopic (exact) mass is 261 g/mol. The molecule has 0 unspecified atom stereocenters. The summed E-state index contributed by atoms with van der Waals surface area (Å²) in [5.41, 5.74) is 5.11. The van der Waals surface area contributed by atoms with Crippen LogP contribution in [0.15, 0.2) is 10.3 Å². The third-order valence-electron chi connectivity index (χ3n) is 2.22. The van der Waals surface area contributed by atoms with Crippen LogP contribution in [-0.4, -0.2) is 24.7 Å². The second-order valence-corrected chi connectivity index (χ2v) is 6.88. The molecule has 0 spiro atoms. The first-order valence-electron chi connectivity index (χ1n) is 4.85. The van der Waals surface area contributed by atoms with Gasteiger partial charge in [0.1, 0.15) is 13.1 Å². The molecule has 6 heteroatoms. The predicted octanol–water partition coefficient (Wildman–Crippen LogP) is 0.953. The van der Waals surface area contributed by atoms with Crippen LogP contribution in [0, 0.1) is 0 Å². The third kappa shape index (κ3) is 3.06. The van der Waals surface area contributed by atoms with E-state index in [9.17, 15) is 4.79 Å². The molecule has 2 rings (SSSR count). The molecule has 82 valence electrons. The van der Waals surface area contributed by atoms with E-state index in [1.54, 1.807) is 20.7 Å². The Morgan fingerprint density at radius 2 is 2.20 bits per heavy atom. The maximum absolute atomic E-state index is 10.6. The maximum Gasteiger partial charge on any atom is 0.268 e. The van der Waals surface area contributed by atoms with E-state index in [0.29, 0.717) is 5.75 Å². The average Bonchev–Trinajstić information content (AvgIpc) is 2.85. The van der Waals surface area contributed by atoms with E-state index in [0.717, 1.165) is 0 Å². The van der Waals surface area contributed by atoms with Crippen molar-refractivity contribution in [3.63, 3.8) is 0 Å². The second kappa shape index (κ2) is 5.14. The lowest BCUT2D eigenvalue weighted by Crippen LogP contribution is -2.23. The highest BCUT2D eigenvalue weighted by molar-refractivity contribution is 8.03. The zero-order valence-corrected chi connectivity index (χ0v) is 10.7. The number of carbonyl (C=O) groups is 1. The second-order valence-electron chi connectivity index (χ2n) is 3.42. The van der Waals surface area contributed by atoms with Gasteiger partial charge in [-0.3, -0.25) is 4.79 Å². The fourth-order valence-corrected chi connectivity index (χ4v) is 5.15. The number of thioether (sulfide) groups is 1. The van der Waals surface area contributed by atoms with Crippen LogP contribution in [0.2, 0.25) is 0 Å². The molecular weight excluding hydrogens is 248 g/mol. The van der Waals surface area contributed by atoms with Gasteiger partial charge >= 0.3 is 0 Å². The zero-order valence-electron chi connectivity index (χ0n) is 8.27. The Balaban J connectivity index is 2.10. The number of amides is 1. The molecule has 0 saturated carbocycles. The van der Waals surface area contributed by atoms with Gasteiger partial charge in [-0.15, -0.1) is 11.8 Å². The van der Waals surface area contributed by atoms with Crippen molar-refractivity contribution in [1.82, 2.24) is 4.58 Å². The Kier molecular flexibility index (Phi) is 3.82. The molecule has 0 atom stereocenters. The quantitative estimate of drug-likeness (QED) is 0.500. The van der Waals surface area contributed by atoms with Crippen LogP contribution in [0.5, 0.6) is 0 Å². The van der Waals surface area contributed by atoms with Crippen molar-refractivity contribution < 1.29 is 4.79 Å². The van der Waals surface area contributed by atoms with Crippen molar-refractivity contribution in [3.05, 3.63) is 10.7 Å². The molecule has 2 heterocycles. The van der Waals surface area contributed by atoms with Crippen molar-refractivity contribution in [2.45, 2.75) is 17.1 Å². The molecule has 1 aliphatic heterocycles. The Bertz CT molecular complexity index is 413. The van der Waals surface area contributed by atoms with Gasteiger partial charge in [0.05, 0.1) is 9.96 Å². The summed E-state index contributed by atoms with van der Waals surface area (Å²) in [5, 5.41) is 0. The number of hydrogen-bond acceptors (Lipinski definition) is 4. The molecule has 0 radical (unpaired) electrons. The van der Waals surface area contributed by atoms with Crippen molar-refractivity contribution >= 4 is 38.3 Å². The molecule has 0 aromatic carbocycles. The number of nitrogens with two attached hydrogens (primary N) is 1. The van der Waals surface area contributed by atoms with E-state index in [-0.39, 0.29) is 5.91 Å². The summed E-state index contributed by atoms with van der Waals surface area (Å²) in [7, 11) is 3.53. The molecule has 2 N–H and O–H groups in total. The van der Waals surface area contributed by atoms with Gasteiger partial charge in [0.2, 0.25) is 5.91 Å².